The van der Waals surface area contributed by atoms with Crippen molar-refractivity contribution in [1.82, 2.24) is 0 Å². The topological polar surface area (TPSA) is 76.0 Å². The van der Waals surface area contributed by atoms with Gasteiger partial charge in [-0.15, -0.1) is 4.40 Å². The van der Waals surface area contributed by atoms with Crippen LogP contribution in [0.2, 0.25) is 0 Å². The van der Waals surface area contributed by atoms with E-state index in [0.717, 1.165) is 12.8 Å². The fourth-order valence-corrected chi connectivity index (χ4v) is 3.11. The molecule has 1 saturated carbocycles. The van der Waals surface area contributed by atoms with E-state index in [1.165, 1.54) is 19.5 Å². The van der Waals surface area contributed by atoms with E-state index < -0.39 is 16.0 Å². The molecule has 0 unspecified atom stereocenters. The molecule has 3 rings (SSSR count). The summed E-state index contributed by atoms with van der Waals surface area (Å²) in [7, 11) is -2.47. The van der Waals surface area contributed by atoms with Crippen LogP contribution in [0.1, 0.15) is 23.2 Å². The SMILES string of the molecule is COC(=O)c1ccc2c(c1)S(=O)(=O)N=CN2C1CC1. The summed E-state index contributed by atoms with van der Waals surface area (Å²) in [4.78, 5) is 13.4. The number of rotatable bonds is 2. The summed E-state index contributed by atoms with van der Waals surface area (Å²) in [6.07, 6.45) is 3.39. The van der Waals surface area contributed by atoms with Gasteiger partial charge in [-0.05, 0) is 31.0 Å². The van der Waals surface area contributed by atoms with Crippen molar-refractivity contribution in [2.75, 3.05) is 12.0 Å². The first kappa shape index (κ1) is 12.2. The van der Waals surface area contributed by atoms with E-state index in [9.17, 15) is 13.2 Å². The van der Waals surface area contributed by atoms with Gasteiger partial charge in [-0.2, -0.15) is 8.42 Å². The quantitative estimate of drug-likeness (QED) is 0.760. The lowest BCUT2D eigenvalue weighted by Crippen LogP contribution is -2.29. The van der Waals surface area contributed by atoms with Crippen molar-refractivity contribution in [3.8, 4) is 0 Å². The third-order valence-corrected chi connectivity index (χ3v) is 4.44. The van der Waals surface area contributed by atoms with Crippen molar-refractivity contribution in [3.05, 3.63) is 23.8 Å². The molecule has 1 aromatic rings. The summed E-state index contributed by atoms with van der Waals surface area (Å²) in [6, 6.07) is 4.82. The zero-order chi connectivity index (χ0) is 13.6. The van der Waals surface area contributed by atoms with Crippen molar-refractivity contribution in [2.24, 2.45) is 4.40 Å². The normalized spacial score (nSPS) is 19.9. The monoisotopic (exact) mass is 280 g/mol. The minimum Gasteiger partial charge on any atom is -0.465 e. The van der Waals surface area contributed by atoms with E-state index in [4.69, 9.17) is 0 Å². The molecule has 0 atom stereocenters. The maximum Gasteiger partial charge on any atom is 0.337 e. The number of esters is 1. The second kappa shape index (κ2) is 4.06. The van der Waals surface area contributed by atoms with Gasteiger partial charge in [0.2, 0.25) is 0 Å². The molecule has 1 aliphatic carbocycles. The Kier molecular flexibility index (Phi) is 2.60. The number of sulfonamides is 1. The zero-order valence-corrected chi connectivity index (χ0v) is 11.1. The fraction of sp³-hybridized carbons (Fsp3) is 0.333. The molecule has 0 aromatic heterocycles. The lowest BCUT2D eigenvalue weighted by molar-refractivity contribution is 0.0600. The fourth-order valence-electron chi connectivity index (χ4n) is 2.05. The number of fused-ring (bicyclic) bond motifs is 1. The number of ether oxygens (including phenoxy) is 1. The van der Waals surface area contributed by atoms with E-state index in [0.29, 0.717) is 11.7 Å². The van der Waals surface area contributed by atoms with Crippen LogP contribution in [0.3, 0.4) is 0 Å². The van der Waals surface area contributed by atoms with E-state index in [1.807, 2.05) is 4.90 Å². The van der Waals surface area contributed by atoms with Crippen LogP contribution in [-0.4, -0.2) is 33.9 Å². The number of anilines is 1. The number of methoxy groups -OCH3 is 1. The first-order valence-electron chi connectivity index (χ1n) is 5.84. The van der Waals surface area contributed by atoms with Crippen molar-refractivity contribution < 1.29 is 17.9 Å². The summed E-state index contributed by atoms with van der Waals surface area (Å²) in [5, 5.41) is 0. The highest BCUT2D eigenvalue weighted by Gasteiger charge is 2.35. The largest absolute Gasteiger partial charge is 0.465 e. The molecule has 1 fully saturated rings. The lowest BCUT2D eigenvalue weighted by atomic mass is 10.2. The van der Waals surface area contributed by atoms with Gasteiger partial charge in [0.05, 0.1) is 18.4 Å². The maximum atomic E-state index is 11.9. The van der Waals surface area contributed by atoms with Crippen LogP contribution in [0.5, 0.6) is 0 Å². The molecule has 1 aromatic carbocycles. The molecule has 0 N–H and O–H groups in total. The van der Waals surface area contributed by atoms with Crippen molar-refractivity contribution in [1.29, 1.82) is 0 Å². The molecule has 19 heavy (non-hydrogen) atoms. The molecule has 1 aliphatic heterocycles. The Morgan fingerprint density at radius 3 is 2.79 bits per heavy atom. The molecular formula is C12H12N2O4S. The number of hydrogen-bond acceptors (Lipinski definition) is 5. The van der Waals surface area contributed by atoms with Gasteiger partial charge in [-0.1, -0.05) is 0 Å². The molecule has 0 bridgehead atoms. The highest BCUT2D eigenvalue weighted by Crippen LogP contribution is 2.37. The van der Waals surface area contributed by atoms with Crippen molar-refractivity contribution in [3.63, 3.8) is 0 Å². The van der Waals surface area contributed by atoms with Gasteiger partial charge in [0.1, 0.15) is 11.2 Å². The Hall–Kier alpha value is -1.89. The van der Waals surface area contributed by atoms with Crippen LogP contribution in [0.25, 0.3) is 0 Å². The molecule has 100 valence electrons. The Labute approximate surface area is 110 Å². The molecule has 0 amide bonds. The average molecular weight is 280 g/mol. The summed E-state index contributed by atoms with van der Waals surface area (Å²) >= 11 is 0. The molecule has 6 nitrogen and oxygen atoms in total. The molecule has 1 heterocycles. The summed E-state index contributed by atoms with van der Waals surface area (Å²) < 4.78 is 32.1. The second-order valence-electron chi connectivity index (χ2n) is 4.51. The molecular weight excluding hydrogens is 268 g/mol. The Morgan fingerprint density at radius 1 is 1.42 bits per heavy atom. The van der Waals surface area contributed by atoms with E-state index in [1.54, 1.807) is 12.1 Å². The highest BCUT2D eigenvalue weighted by molar-refractivity contribution is 7.90. The van der Waals surface area contributed by atoms with Gasteiger partial charge >= 0.3 is 5.97 Å². The lowest BCUT2D eigenvalue weighted by Gasteiger charge is -2.25. The molecule has 0 radical (unpaired) electrons. The number of nitrogens with zero attached hydrogens (tertiary/aromatic N) is 2. The van der Waals surface area contributed by atoms with Crippen LogP contribution in [-0.2, 0) is 14.8 Å². The molecule has 2 aliphatic rings. The van der Waals surface area contributed by atoms with Crippen LogP contribution in [0.4, 0.5) is 5.69 Å². The first-order chi connectivity index (χ1) is 9.03. The van der Waals surface area contributed by atoms with E-state index in [-0.39, 0.29) is 10.5 Å². The van der Waals surface area contributed by atoms with Gasteiger partial charge in [-0.25, -0.2) is 4.79 Å². The summed E-state index contributed by atoms with van der Waals surface area (Å²) in [5.74, 6) is -0.564. The predicted octanol–water partition coefficient (Wildman–Crippen LogP) is 1.17. The average Bonchev–Trinajstić information content (AvgIpc) is 3.22. The Balaban J connectivity index is 2.14. The van der Waals surface area contributed by atoms with E-state index in [2.05, 4.69) is 9.13 Å². The summed E-state index contributed by atoms with van der Waals surface area (Å²) in [5.41, 5.74) is 0.780. The van der Waals surface area contributed by atoms with Crippen molar-refractivity contribution >= 4 is 28.0 Å². The Morgan fingerprint density at radius 2 is 2.16 bits per heavy atom. The minimum absolute atomic E-state index is 0.0600. The smallest absolute Gasteiger partial charge is 0.337 e. The Bertz CT molecular complexity index is 677. The van der Waals surface area contributed by atoms with Gasteiger partial charge in [0.15, 0.2) is 0 Å². The molecule has 7 heteroatoms. The van der Waals surface area contributed by atoms with Gasteiger partial charge in [-0.3, -0.25) is 0 Å². The number of carbonyl (C=O) groups excluding carboxylic acids is 1. The van der Waals surface area contributed by atoms with Crippen LogP contribution in [0.15, 0.2) is 27.5 Å². The zero-order valence-electron chi connectivity index (χ0n) is 10.2. The third-order valence-electron chi connectivity index (χ3n) is 3.19. The highest BCUT2D eigenvalue weighted by atomic mass is 32.2. The number of carbonyl (C=O) groups is 1. The number of hydrogen-bond donors (Lipinski definition) is 0. The van der Waals surface area contributed by atoms with Crippen LogP contribution in [0, 0.1) is 0 Å². The van der Waals surface area contributed by atoms with E-state index >= 15 is 0 Å². The van der Waals surface area contributed by atoms with Gasteiger partial charge in [0.25, 0.3) is 10.0 Å². The molecule has 0 spiro atoms. The standard InChI is InChI=1S/C12H12N2O4S/c1-18-12(15)8-2-5-10-11(6-8)19(16,17)13-7-14(10)9-3-4-9/h2,5-7,9H,3-4H2,1H3. The number of benzene rings is 1. The predicted molar refractivity (Wildman–Crippen MR) is 69.0 cm³/mol. The first-order valence-corrected chi connectivity index (χ1v) is 7.28. The minimum atomic E-state index is -3.72. The second-order valence-corrected chi connectivity index (χ2v) is 6.11. The van der Waals surface area contributed by atoms with Gasteiger partial charge in [0, 0.05) is 6.04 Å². The van der Waals surface area contributed by atoms with Crippen LogP contribution >= 0.6 is 0 Å². The van der Waals surface area contributed by atoms with Gasteiger partial charge < -0.3 is 9.64 Å². The maximum absolute atomic E-state index is 11.9. The molecule has 0 saturated heterocycles. The van der Waals surface area contributed by atoms with Crippen LogP contribution < -0.4 is 4.90 Å². The third kappa shape index (κ3) is 1.99. The summed E-state index contributed by atoms with van der Waals surface area (Å²) in [6.45, 7) is 0. The van der Waals surface area contributed by atoms with Crippen molar-refractivity contribution in [2.45, 2.75) is 23.8 Å².